The zero-order chi connectivity index (χ0) is 29.2. The first kappa shape index (κ1) is 29.1. The van der Waals surface area contributed by atoms with E-state index in [0.717, 1.165) is 4.90 Å². The number of carbonyl (C=O) groups excluding carboxylic acids is 3. The molecule has 0 radical (unpaired) electrons. The molecule has 0 unspecified atom stereocenters. The molecule has 1 saturated heterocycles. The number of aryl methyl sites for hydroxylation is 1. The Bertz CT molecular complexity index is 1240. The van der Waals surface area contributed by atoms with Gasteiger partial charge in [-0.1, -0.05) is 12.1 Å². The van der Waals surface area contributed by atoms with E-state index in [1.165, 1.54) is 25.3 Å². The SMILES string of the molecule is CC[C@H](c1ccnc(NC(=O)[C@@H](NC(=O)c2nonc2C)C2CCC(F)(F)CC2)c1)N1C[C@@H](C(F)(F)F)NC1=O. The number of hydrogen-bond donors (Lipinski definition) is 3. The smallest absolute Gasteiger partial charge is 0.338 e. The number of urea groups is 1. The van der Waals surface area contributed by atoms with Crippen molar-refractivity contribution in [3.05, 3.63) is 35.3 Å². The van der Waals surface area contributed by atoms with Gasteiger partial charge in [-0.15, -0.1) is 0 Å². The van der Waals surface area contributed by atoms with Gasteiger partial charge in [0.2, 0.25) is 11.8 Å². The van der Waals surface area contributed by atoms with E-state index in [0.29, 0.717) is 5.56 Å². The van der Waals surface area contributed by atoms with Gasteiger partial charge < -0.3 is 20.9 Å². The standard InChI is InChI=1S/C24H28F5N7O4/c1-3-15(36-11-16(24(27,28)29)31-22(36)39)14-6-9-30-17(10-14)32-21(38)19(13-4-7-23(25,26)8-5-13)33-20(37)18-12(2)34-40-35-18/h6,9-10,13,15-16,19H,3-5,7-8,11H2,1-2H3,(H,31,39)(H,33,37)(H,30,32,38)/t15-,16+,19+/m1/s1. The number of anilines is 1. The number of rotatable bonds is 8. The molecule has 0 bridgehead atoms. The molecular weight excluding hydrogens is 545 g/mol. The Hall–Kier alpha value is -3.85. The van der Waals surface area contributed by atoms with Crippen molar-refractivity contribution in [1.82, 2.24) is 30.8 Å². The van der Waals surface area contributed by atoms with Crippen molar-refractivity contribution in [1.29, 1.82) is 0 Å². The summed E-state index contributed by atoms with van der Waals surface area (Å²) >= 11 is 0. The minimum absolute atomic E-state index is 0.00704. The summed E-state index contributed by atoms with van der Waals surface area (Å²) in [6, 6.07) is -1.92. The van der Waals surface area contributed by atoms with Gasteiger partial charge >= 0.3 is 12.2 Å². The largest absolute Gasteiger partial charge is 0.410 e. The van der Waals surface area contributed by atoms with E-state index < -0.39 is 73.4 Å². The van der Waals surface area contributed by atoms with Crippen molar-refractivity contribution in [2.75, 3.05) is 11.9 Å². The highest BCUT2D eigenvalue weighted by atomic mass is 19.4. The van der Waals surface area contributed by atoms with Crippen molar-refractivity contribution in [3.63, 3.8) is 0 Å². The predicted octanol–water partition coefficient (Wildman–Crippen LogP) is 3.74. The molecule has 4 rings (SSSR count). The Morgan fingerprint density at radius 1 is 1.25 bits per heavy atom. The molecule has 1 aliphatic heterocycles. The highest BCUT2D eigenvalue weighted by Gasteiger charge is 2.48. The summed E-state index contributed by atoms with van der Waals surface area (Å²) in [7, 11) is 0. The lowest BCUT2D eigenvalue weighted by atomic mass is 9.81. The molecule has 3 heterocycles. The second-order valence-corrected chi connectivity index (χ2v) is 9.93. The van der Waals surface area contributed by atoms with E-state index in [2.05, 4.69) is 30.6 Å². The van der Waals surface area contributed by atoms with Crippen molar-refractivity contribution < 1.29 is 41.0 Å². The normalized spacial score (nSPS) is 21.0. The Labute approximate surface area is 225 Å². The van der Waals surface area contributed by atoms with Gasteiger partial charge in [0.25, 0.3) is 5.91 Å². The Kier molecular flexibility index (Phi) is 8.25. The zero-order valence-corrected chi connectivity index (χ0v) is 21.6. The second kappa shape index (κ2) is 11.3. The number of nitrogens with zero attached hydrogens (tertiary/aromatic N) is 4. The molecular formula is C24H28F5N7O4. The fraction of sp³-hybridized carbons (Fsp3) is 0.583. The number of pyridine rings is 1. The number of carbonyl (C=O) groups is 3. The van der Waals surface area contributed by atoms with Gasteiger partial charge in [-0.25, -0.2) is 23.2 Å². The van der Waals surface area contributed by atoms with E-state index >= 15 is 0 Å². The van der Waals surface area contributed by atoms with E-state index in [1.54, 1.807) is 6.92 Å². The molecule has 1 aliphatic carbocycles. The quantitative estimate of drug-likeness (QED) is 0.409. The number of hydrogen-bond acceptors (Lipinski definition) is 7. The van der Waals surface area contributed by atoms with Crippen LogP contribution < -0.4 is 16.0 Å². The Balaban J connectivity index is 1.53. The van der Waals surface area contributed by atoms with Crippen LogP contribution in [-0.2, 0) is 4.79 Å². The van der Waals surface area contributed by atoms with Crippen LogP contribution in [0.1, 0.15) is 66.8 Å². The molecule has 3 N–H and O–H groups in total. The molecule has 16 heteroatoms. The van der Waals surface area contributed by atoms with Crippen LogP contribution in [0.15, 0.2) is 23.0 Å². The zero-order valence-electron chi connectivity index (χ0n) is 21.6. The van der Waals surface area contributed by atoms with Crippen LogP contribution >= 0.6 is 0 Å². The molecule has 3 atom stereocenters. The van der Waals surface area contributed by atoms with Crippen molar-refractivity contribution in [2.24, 2.45) is 5.92 Å². The van der Waals surface area contributed by atoms with Gasteiger partial charge in [-0.05, 0) is 55.0 Å². The Morgan fingerprint density at radius 3 is 2.52 bits per heavy atom. The lowest BCUT2D eigenvalue weighted by Gasteiger charge is -2.33. The molecule has 40 heavy (non-hydrogen) atoms. The fourth-order valence-electron chi connectivity index (χ4n) is 5.01. The lowest BCUT2D eigenvalue weighted by molar-refractivity contribution is -0.150. The van der Waals surface area contributed by atoms with E-state index in [-0.39, 0.29) is 36.5 Å². The summed E-state index contributed by atoms with van der Waals surface area (Å²) in [4.78, 5) is 43.6. The molecule has 2 aromatic heterocycles. The van der Waals surface area contributed by atoms with Gasteiger partial charge in [-0.2, -0.15) is 13.2 Å². The number of aromatic nitrogens is 3. The molecule has 4 amide bonds. The first-order chi connectivity index (χ1) is 18.8. The molecule has 0 aromatic carbocycles. The minimum Gasteiger partial charge on any atom is -0.338 e. The third kappa shape index (κ3) is 6.47. The molecule has 11 nitrogen and oxygen atoms in total. The summed E-state index contributed by atoms with van der Waals surface area (Å²) in [6.45, 7) is 2.59. The molecule has 0 spiro atoms. The van der Waals surface area contributed by atoms with Crippen LogP contribution in [0.4, 0.5) is 32.6 Å². The van der Waals surface area contributed by atoms with Gasteiger partial charge in [0.15, 0.2) is 5.69 Å². The van der Waals surface area contributed by atoms with Crippen LogP contribution in [-0.4, -0.2) is 68.8 Å². The van der Waals surface area contributed by atoms with Gasteiger partial charge in [0, 0.05) is 19.0 Å². The molecule has 1 saturated carbocycles. The summed E-state index contributed by atoms with van der Waals surface area (Å²) in [5.41, 5.74) is 0.435. The fourth-order valence-corrected chi connectivity index (χ4v) is 5.01. The monoisotopic (exact) mass is 573 g/mol. The molecule has 2 aromatic rings. The van der Waals surface area contributed by atoms with E-state index in [1.807, 2.05) is 5.32 Å². The average Bonchev–Trinajstić information content (AvgIpc) is 3.49. The van der Waals surface area contributed by atoms with Crippen LogP contribution in [0.5, 0.6) is 0 Å². The third-order valence-corrected chi connectivity index (χ3v) is 7.19. The summed E-state index contributed by atoms with van der Waals surface area (Å²) in [5.74, 6) is -4.99. The van der Waals surface area contributed by atoms with Gasteiger partial charge in [0.05, 0.1) is 12.6 Å². The summed E-state index contributed by atoms with van der Waals surface area (Å²) < 4.78 is 71.7. The van der Waals surface area contributed by atoms with Crippen LogP contribution in [0, 0.1) is 12.8 Å². The van der Waals surface area contributed by atoms with Crippen LogP contribution in [0.25, 0.3) is 0 Å². The third-order valence-electron chi connectivity index (χ3n) is 7.19. The topological polar surface area (TPSA) is 142 Å². The van der Waals surface area contributed by atoms with Crippen molar-refractivity contribution >= 4 is 23.7 Å². The van der Waals surface area contributed by atoms with Crippen LogP contribution in [0.3, 0.4) is 0 Å². The van der Waals surface area contributed by atoms with Crippen LogP contribution in [0.2, 0.25) is 0 Å². The first-order valence-electron chi connectivity index (χ1n) is 12.7. The second-order valence-electron chi connectivity index (χ2n) is 9.93. The number of halogens is 5. The molecule has 2 aliphatic rings. The van der Waals surface area contributed by atoms with E-state index in [9.17, 15) is 36.3 Å². The number of amides is 4. The maximum absolute atomic E-state index is 13.8. The molecule has 2 fully saturated rings. The number of alkyl halides is 5. The highest BCUT2D eigenvalue weighted by Crippen LogP contribution is 2.38. The molecule has 218 valence electrons. The van der Waals surface area contributed by atoms with Crippen molar-refractivity contribution in [2.45, 2.75) is 76.2 Å². The predicted molar refractivity (Wildman–Crippen MR) is 128 cm³/mol. The highest BCUT2D eigenvalue weighted by molar-refractivity contribution is 6.00. The lowest BCUT2D eigenvalue weighted by Crippen LogP contribution is -2.50. The van der Waals surface area contributed by atoms with Crippen molar-refractivity contribution in [3.8, 4) is 0 Å². The maximum Gasteiger partial charge on any atom is 0.410 e. The van der Waals surface area contributed by atoms with E-state index in [4.69, 9.17) is 0 Å². The number of nitrogens with one attached hydrogen (secondary N) is 3. The minimum atomic E-state index is -4.61. The summed E-state index contributed by atoms with van der Waals surface area (Å²) in [6.07, 6.45) is -3.98. The maximum atomic E-state index is 13.8. The summed E-state index contributed by atoms with van der Waals surface area (Å²) in [5, 5.41) is 14.1. The first-order valence-corrected chi connectivity index (χ1v) is 12.7. The Morgan fingerprint density at radius 2 is 1.95 bits per heavy atom. The van der Waals surface area contributed by atoms with Gasteiger partial charge in [0.1, 0.15) is 23.6 Å². The van der Waals surface area contributed by atoms with Gasteiger partial charge in [-0.3, -0.25) is 9.59 Å². The average molecular weight is 574 g/mol.